The third-order valence-corrected chi connectivity index (χ3v) is 6.89. The van der Waals surface area contributed by atoms with E-state index in [1.807, 2.05) is 0 Å². The van der Waals surface area contributed by atoms with Gasteiger partial charge in [0.1, 0.15) is 0 Å². The molecule has 0 saturated carbocycles. The van der Waals surface area contributed by atoms with Gasteiger partial charge in [0.15, 0.2) is 9.84 Å². The van der Waals surface area contributed by atoms with Crippen LogP contribution in [0.15, 0.2) is 24.3 Å². The number of sulfone groups is 1. The van der Waals surface area contributed by atoms with Gasteiger partial charge in [-0.25, -0.2) is 21.6 Å². The molecule has 1 saturated heterocycles. The number of aliphatic hydroxyl groups is 1. The van der Waals surface area contributed by atoms with Crippen LogP contribution in [0.2, 0.25) is 0 Å². The van der Waals surface area contributed by atoms with Gasteiger partial charge < -0.3 is 5.11 Å². The Morgan fingerprint density at radius 1 is 1.24 bits per heavy atom. The predicted molar refractivity (Wildman–Crippen MR) is 79.8 cm³/mol. The zero-order chi connectivity index (χ0) is 15.7. The van der Waals surface area contributed by atoms with Crippen molar-refractivity contribution in [2.24, 2.45) is 0 Å². The quantitative estimate of drug-likeness (QED) is 0.800. The van der Waals surface area contributed by atoms with Gasteiger partial charge >= 0.3 is 0 Å². The number of rotatable bonds is 5. The molecule has 2 N–H and O–H groups in total. The maximum atomic E-state index is 12.2. The molecule has 1 heterocycles. The lowest BCUT2D eigenvalue weighted by Gasteiger charge is -2.23. The molecular weight excluding hydrogens is 314 g/mol. The maximum Gasteiger partial charge on any atom is 0.216 e. The molecule has 118 valence electrons. The minimum Gasteiger partial charge on any atom is -0.392 e. The van der Waals surface area contributed by atoms with Gasteiger partial charge in [-0.15, -0.1) is 0 Å². The van der Waals surface area contributed by atoms with E-state index in [4.69, 9.17) is 5.11 Å². The topological polar surface area (TPSA) is 101 Å². The van der Waals surface area contributed by atoms with Gasteiger partial charge in [-0.05, 0) is 24.5 Å². The number of hydrogen-bond acceptors (Lipinski definition) is 5. The van der Waals surface area contributed by atoms with E-state index >= 15 is 0 Å². The molecule has 0 radical (unpaired) electrons. The van der Waals surface area contributed by atoms with E-state index in [0.717, 1.165) is 0 Å². The summed E-state index contributed by atoms with van der Waals surface area (Å²) in [5.41, 5.74) is 0.366. The van der Waals surface area contributed by atoms with Gasteiger partial charge in [-0.2, -0.15) is 0 Å². The number of aliphatic hydroxyl groups excluding tert-OH is 1. The summed E-state index contributed by atoms with van der Waals surface area (Å²) >= 11 is 0. The molecule has 6 nitrogen and oxygen atoms in total. The zero-order valence-corrected chi connectivity index (χ0v) is 13.4. The Balaban J connectivity index is 2.08. The summed E-state index contributed by atoms with van der Waals surface area (Å²) in [6.07, 6.45) is 0.290. The minimum absolute atomic E-state index is 0.0111. The van der Waals surface area contributed by atoms with Crippen molar-refractivity contribution in [2.45, 2.75) is 31.2 Å². The number of sulfonamides is 1. The molecular formula is C13H19NO5S2. The van der Waals surface area contributed by atoms with Crippen molar-refractivity contribution in [1.82, 2.24) is 4.72 Å². The summed E-state index contributed by atoms with van der Waals surface area (Å²) in [7, 11) is -6.79. The standard InChI is InChI=1S/C13H19NO5S2/c1-13(6-7-20(16,17)10-13)14-21(18,19)9-12-4-2-11(8-15)3-5-12/h2-5,14-15H,6-10H2,1H3. The molecule has 0 aliphatic carbocycles. The lowest BCUT2D eigenvalue weighted by atomic mass is 10.0. The van der Waals surface area contributed by atoms with Crippen LogP contribution in [0, 0.1) is 0 Å². The van der Waals surface area contributed by atoms with Gasteiger partial charge in [0.2, 0.25) is 10.0 Å². The Morgan fingerprint density at radius 2 is 1.81 bits per heavy atom. The zero-order valence-electron chi connectivity index (χ0n) is 11.7. The minimum atomic E-state index is -3.62. The molecule has 21 heavy (non-hydrogen) atoms. The van der Waals surface area contributed by atoms with E-state index < -0.39 is 25.4 Å². The average Bonchev–Trinajstić information content (AvgIpc) is 2.62. The van der Waals surface area contributed by atoms with Crippen LogP contribution < -0.4 is 4.72 Å². The third-order valence-electron chi connectivity index (χ3n) is 3.47. The van der Waals surface area contributed by atoms with Crippen LogP contribution in [-0.4, -0.2) is 39.0 Å². The molecule has 0 aromatic heterocycles. The van der Waals surface area contributed by atoms with Crippen LogP contribution in [0.1, 0.15) is 24.5 Å². The fourth-order valence-corrected chi connectivity index (χ4v) is 6.28. The molecule has 1 fully saturated rings. The van der Waals surface area contributed by atoms with Gasteiger partial charge in [0.25, 0.3) is 0 Å². The van der Waals surface area contributed by atoms with Crippen LogP contribution in [0.5, 0.6) is 0 Å². The summed E-state index contributed by atoms with van der Waals surface area (Å²) in [6.45, 7) is 1.52. The molecule has 1 aromatic carbocycles. The fraction of sp³-hybridized carbons (Fsp3) is 0.538. The first-order chi connectivity index (χ1) is 9.63. The van der Waals surface area contributed by atoms with Crippen LogP contribution in [0.4, 0.5) is 0 Å². The van der Waals surface area contributed by atoms with Crippen molar-refractivity contribution in [2.75, 3.05) is 11.5 Å². The van der Waals surface area contributed by atoms with E-state index in [2.05, 4.69) is 4.72 Å². The fourth-order valence-electron chi connectivity index (χ4n) is 2.46. The van der Waals surface area contributed by atoms with Crippen LogP contribution >= 0.6 is 0 Å². The molecule has 8 heteroatoms. The van der Waals surface area contributed by atoms with Crippen molar-refractivity contribution in [3.05, 3.63) is 35.4 Å². The van der Waals surface area contributed by atoms with Gasteiger partial charge in [-0.3, -0.25) is 0 Å². The number of benzene rings is 1. The normalized spacial score (nSPS) is 25.0. The van der Waals surface area contributed by atoms with E-state index in [9.17, 15) is 16.8 Å². The first-order valence-corrected chi connectivity index (χ1v) is 10.0. The van der Waals surface area contributed by atoms with Crippen molar-refractivity contribution in [1.29, 1.82) is 0 Å². The molecule has 1 aromatic rings. The Bertz CT molecular complexity index is 709. The number of nitrogens with one attached hydrogen (secondary N) is 1. The largest absolute Gasteiger partial charge is 0.392 e. The molecule has 0 amide bonds. The monoisotopic (exact) mass is 333 g/mol. The summed E-state index contributed by atoms with van der Waals surface area (Å²) in [4.78, 5) is 0. The molecule has 1 aliphatic heterocycles. The SMILES string of the molecule is CC1(NS(=O)(=O)Cc2ccc(CO)cc2)CCS(=O)(=O)C1. The van der Waals surface area contributed by atoms with Crippen molar-refractivity contribution in [3.63, 3.8) is 0 Å². The summed E-state index contributed by atoms with van der Waals surface area (Å²) < 4.78 is 49.9. The highest BCUT2D eigenvalue weighted by atomic mass is 32.2. The lowest BCUT2D eigenvalue weighted by molar-refractivity contribution is 0.282. The Labute approximate surface area is 125 Å². The maximum absolute atomic E-state index is 12.2. The Hall–Kier alpha value is -0.960. The second-order valence-corrected chi connectivity index (χ2v) is 9.64. The van der Waals surface area contributed by atoms with Crippen molar-refractivity contribution in [3.8, 4) is 0 Å². The van der Waals surface area contributed by atoms with E-state index in [-0.39, 0.29) is 30.3 Å². The number of hydrogen-bond donors (Lipinski definition) is 2. The highest BCUT2D eigenvalue weighted by molar-refractivity contribution is 7.92. The third kappa shape index (κ3) is 4.50. The van der Waals surface area contributed by atoms with Gasteiger partial charge in [0, 0.05) is 5.54 Å². The molecule has 0 bridgehead atoms. The Kier molecular flexibility index (Phi) is 4.44. The lowest BCUT2D eigenvalue weighted by Crippen LogP contribution is -2.47. The van der Waals surface area contributed by atoms with Gasteiger partial charge in [0.05, 0.1) is 23.9 Å². The van der Waals surface area contributed by atoms with Gasteiger partial charge in [-0.1, -0.05) is 24.3 Å². The average molecular weight is 333 g/mol. The molecule has 1 atom stereocenters. The summed E-state index contributed by atoms with van der Waals surface area (Å²) in [5, 5.41) is 8.95. The predicted octanol–water partition coefficient (Wildman–Crippen LogP) is 0.176. The van der Waals surface area contributed by atoms with E-state index in [0.29, 0.717) is 11.1 Å². The van der Waals surface area contributed by atoms with Crippen LogP contribution in [0.25, 0.3) is 0 Å². The summed E-state index contributed by atoms with van der Waals surface area (Å²) in [5.74, 6) is -0.367. The van der Waals surface area contributed by atoms with E-state index in [1.165, 1.54) is 0 Å². The first kappa shape index (κ1) is 16.4. The van der Waals surface area contributed by atoms with Crippen LogP contribution in [-0.2, 0) is 32.2 Å². The highest BCUT2D eigenvalue weighted by Crippen LogP contribution is 2.24. The smallest absolute Gasteiger partial charge is 0.216 e. The van der Waals surface area contributed by atoms with Crippen molar-refractivity contribution >= 4 is 19.9 Å². The second kappa shape index (κ2) is 5.68. The Morgan fingerprint density at radius 3 is 2.29 bits per heavy atom. The second-order valence-electron chi connectivity index (χ2n) is 5.74. The highest BCUT2D eigenvalue weighted by Gasteiger charge is 2.40. The molecule has 1 unspecified atom stereocenters. The summed E-state index contributed by atoms with van der Waals surface area (Å²) in [6, 6.07) is 6.59. The van der Waals surface area contributed by atoms with Crippen molar-refractivity contribution < 1.29 is 21.9 Å². The molecule has 0 spiro atoms. The molecule has 2 rings (SSSR count). The van der Waals surface area contributed by atoms with E-state index in [1.54, 1.807) is 31.2 Å². The van der Waals surface area contributed by atoms with Crippen LogP contribution in [0.3, 0.4) is 0 Å². The first-order valence-electron chi connectivity index (χ1n) is 6.54. The molecule has 1 aliphatic rings.